The molecule has 1 amide bonds. The van der Waals surface area contributed by atoms with Gasteiger partial charge in [0.2, 0.25) is 0 Å². The second kappa shape index (κ2) is 6.75. The average molecular weight is 330 g/mol. The largest absolute Gasteiger partial charge is 0.306 e. The van der Waals surface area contributed by atoms with Crippen molar-refractivity contribution < 1.29 is 4.79 Å². The van der Waals surface area contributed by atoms with Gasteiger partial charge in [0.1, 0.15) is 12.1 Å². The van der Waals surface area contributed by atoms with Gasteiger partial charge < -0.3 is 5.32 Å². The topological polar surface area (TPSA) is 72.2 Å². The Hall–Kier alpha value is -2.47. The van der Waals surface area contributed by atoms with Crippen LogP contribution >= 0.6 is 11.6 Å². The minimum absolute atomic E-state index is 0.292. The second-order valence-corrected chi connectivity index (χ2v) is 5.55. The number of anilines is 1. The first kappa shape index (κ1) is 15.4. The number of hydrogen-bond acceptors (Lipinski definition) is 4. The minimum Gasteiger partial charge on any atom is -0.306 e. The molecule has 6 nitrogen and oxygen atoms in total. The van der Waals surface area contributed by atoms with E-state index in [4.69, 9.17) is 11.6 Å². The fraction of sp³-hybridized carbons (Fsp3) is 0.250. The van der Waals surface area contributed by atoms with E-state index in [9.17, 15) is 4.79 Å². The summed E-state index contributed by atoms with van der Waals surface area (Å²) in [6.45, 7) is 2.12. The lowest BCUT2D eigenvalue weighted by Crippen LogP contribution is -2.16. The van der Waals surface area contributed by atoms with Gasteiger partial charge in [-0.2, -0.15) is 14.6 Å². The van der Waals surface area contributed by atoms with Crippen molar-refractivity contribution in [3.05, 3.63) is 52.9 Å². The number of carbonyl (C=O) groups is 1. The number of aromatic nitrogens is 4. The first-order valence-electron chi connectivity index (χ1n) is 7.44. The summed E-state index contributed by atoms with van der Waals surface area (Å²) < 4.78 is 1.50. The predicted molar refractivity (Wildman–Crippen MR) is 88.8 cm³/mol. The molecule has 2 aromatic heterocycles. The third kappa shape index (κ3) is 3.32. The molecular weight excluding hydrogens is 314 g/mol. The van der Waals surface area contributed by atoms with Crippen molar-refractivity contribution in [1.82, 2.24) is 19.6 Å². The molecule has 0 aliphatic heterocycles. The average Bonchev–Trinajstić information content (AvgIpc) is 3.02. The van der Waals surface area contributed by atoms with E-state index < -0.39 is 0 Å². The Morgan fingerprint density at radius 2 is 2.17 bits per heavy atom. The number of carbonyl (C=O) groups excluding carboxylic acids is 1. The van der Waals surface area contributed by atoms with Gasteiger partial charge in [-0.15, -0.1) is 0 Å². The summed E-state index contributed by atoms with van der Waals surface area (Å²) in [5.41, 5.74) is 1.29. The van der Waals surface area contributed by atoms with E-state index in [2.05, 4.69) is 27.3 Å². The van der Waals surface area contributed by atoms with Crippen LogP contribution in [0, 0.1) is 0 Å². The van der Waals surface area contributed by atoms with E-state index in [0.717, 1.165) is 25.0 Å². The van der Waals surface area contributed by atoms with Crippen molar-refractivity contribution in [1.29, 1.82) is 0 Å². The zero-order chi connectivity index (χ0) is 16.2. The maximum Gasteiger partial charge on any atom is 0.258 e. The maximum absolute atomic E-state index is 12.4. The summed E-state index contributed by atoms with van der Waals surface area (Å²) in [5, 5.41) is 7.35. The molecule has 0 aliphatic carbocycles. The highest BCUT2D eigenvalue weighted by Gasteiger charge is 2.14. The van der Waals surface area contributed by atoms with Gasteiger partial charge in [0, 0.05) is 11.8 Å². The Morgan fingerprint density at radius 3 is 2.96 bits per heavy atom. The number of benzene rings is 1. The molecule has 7 heteroatoms. The quantitative estimate of drug-likeness (QED) is 0.779. The molecular formula is C16H16ClN5O. The number of nitrogens with zero attached hydrogens (tertiary/aromatic N) is 4. The molecule has 0 saturated heterocycles. The van der Waals surface area contributed by atoms with Crippen LogP contribution in [0.5, 0.6) is 0 Å². The molecule has 1 N–H and O–H groups in total. The van der Waals surface area contributed by atoms with E-state index in [1.165, 1.54) is 10.8 Å². The molecule has 3 rings (SSSR count). The maximum atomic E-state index is 12.4. The van der Waals surface area contributed by atoms with E-state index in [0.29, 0.717) is 22.2 Å². The molecule has 0 aliphatic rings. The summed E-state index contributed by atoms with van der Waals surface area (Å²) in [6, 6.07) is 8.73. The highest BCUT2D eigenvalue weighted by Crippen LogP contribution is 2.18. The van der Waals surface area contributed by atoms with Crippen molar-refractivity contribution in [3.8, 4) is 0 Å². The van der Waals surface area contributed by atoms with Crippen LogP contribution in [0.2, 0.25) is 5.02 Å². The fourth-order valence-corrected chi connectivity index (χ4v) is 2.49. The summed E-state index contributed by atoms with van der Waals surface area (Å²) in [6.07, 6.45) is 4.34. The van der Waals surface area contributed by atoms with Crippen LogP contribution in [0.1, 0.15) is 35.8 Å². The molecule has 0 radical (unpaired) electrons. The molecule has 1 aromatic carbocycles. The van der Waals surface area contributed by atoms with Crippen molar-refractivity contribution in [2.45, 2.75) is 26.2 Å². The smallest absolute Gasteiger partial charge is 0.258 e. The number of fused-ring (bicyclic) bond motifs is 1. The van der Waals surface area contributed by atoms with Crippen molar-refractivity contribution in [2.24, 2.45) is 0 Å². The minimum atomic E-state index is -0.292. The van der Waals surface area contributed by atoms with E-state index >= 15 is 0 Å². The molecule has 23 heavy (non-hydrogen) atoms. The molecule has 0 spiro atoms. The van der Waals surface area contributed by atoms with Gasteiger partial charge in [-0.25, -0.2) is 4.98 Å². The molecule has 0 bridgehead atoms. The third-order valence-electron chi connectivity index (χ3n) is 3.45. The summed E-state index contributed by atoms with van der Waals surface area (Å²) in [7, 11) is 0. The number of hydrogen-bond donors (Lipinski definition) is 1. The lowest BCUT2D eigenvalue weighted by molar-refractivity contribution is 0.102. The Bertz CT molecular complexity index is 845. The number of amides is 1. The van der Waals surface area contributed by atoms with Gasteiger partial charge in [-0.1, -0.05) is 37.1 Å². The van der Waals surface area contributed by atoms with Crippen molar-refractivity contribution >= 4 is 29.1 Å². The van der Waals surface area contributed by atoms with Gasteiger partial charge in [0.15, 0.2) is 0 Å². The Labute approximate surface area is 138 Å². The standard InChI is InChI=1S/C16H16ClN5O/c1-2-3-6-11-9-14(22-16(20-11)18-10-19-22)21-15(23)12-7-4-5-8-13(12)17/h4-5,7-10H,2-3,6H2,1H3,(H,21,23). The van der Waals surface area contributed by atoms with Gasteiger partial charge in [-0.05, 0) is 25.0 Å². The Morgan fingerprint density at radius 1 is 1.35 bits per heavy atom. The zero-order valence-electron chi connectivity index (χ0n) is 12.7. The van der Waals surface area contributed by atoms with Gasteiger partial charge in [0.25, 0.3) is 11.7 Å². The van der Waals surface area contributed by atoms with Crippen LogP contribution in [0.3, 0.4) is 0 Å². The van der Waals surface area contributed by atoms with Crippen LogP contribution in [0.15, 0.2) is 36.7 Å². The number of nitrogens with one attached hydrogen (secondary N) is 1. The number of unbranched alkanes of at least 4 members (excludes halogenated alkanes) is 1. The van der Waals surface area contributed by atoms with Gasteiger partial charge in [0.05, 0.1) is 10.6 Å². The predicted octanol–water partition coefficient (Wildman–Crippen LogP) is 3.37. The van der Waals surface area contributed by atoms with E-state index in [1.807, 2.05) is 6.07 Å². The molecule has 3 aromatic rings. The molecule has 118 valence electrons. The molecule has 0 atom stereocenters. The first-order chi connectivity index (χ1) is 11.2. The van der Waals surface area contributed by atoms with E-state index in [-0.39, 0.29) is 5.91 Å². The van der Waals surface area contributed by atoms with Crippen LogP contribution in [0.4, 0.5) is 5.82 Å². The lowest BCUT2D eigenvalue weighted by Gasteiger charge is -2.09. The monoisotopic (exact) mass is 329 g/mol. The van der Waals surface area contributed by atoms with E-state index in [1.54, 1.807) is 24.3 Å². The van der Waals surface area contributed by atoms with Crippen molar-refractivity contribution in [3.63, 3.8) is 0 Å². The second-order valence-electron chi connectivity index (χ2n) is 5.14. The summed E-state index contributed by atoms with van der Waals surface area (Å²) in [4.78, 5) is 21.0. The fourth-order valence-electron chi connectivity index (χ4n) is 2.27. The summed E-state index contributed by atoms with van der Waals surface area (Å²) >= 11 is 6.07. The van der Waals surface area contributed by atoms with Crippen LogP contribution < -0.4 is 5.32 Å². The molecule has 0 saturated carbocycles. The van der Waals surface area contributed by atoms with Crippen LogP contribution in [-0.4, -0.2) is 25.5 Å². The van der Waals surface area contributed by atoms with Gasteiger partial charge >= 0.3 is 0 Å². The first-order valence-corrected chi connectivity index (χ1v) is 7.82. The highest BCUT2D eigenvalue weighted by atomic mass is 35.5. The number of aryl methyl sites for hydroxylation is 1. The molecule has 2 heterocycles. The van der Waals surface area contributed by atoms with Crippen LogP contribution in [-0.2, 0) is 6.42 Å². The Balaban J connectivity index is 1.93. The van der Waals surface area contributed by atoms with Gasteiger partial charge in [-0.3, -0.25) is 4.79 Å². The SMILES string of the molecule is CCCCc1cc(NC(=O)c2ccccc2Cl)n2ncnc2n1. The zero-order valence-corrected chi connectivity index (χ0v) is 13.4. The Kier molecular flexibility index (Phi) is 4.52. The number of halogens is 1. The molecule has 0 fully saturated rings. The lowest BCUT2D eigenvalue weighted by atomic mass is 10.2. The highest BCUT2D eigenvalue weighted by molar-refractivity contribution is 6.34. The van der Waals surface area contributed by atoms with Crippen molar-refractivity contribution in [2.75, 3.05) is 5.32 Å². The number of rotatable bonds is 5. The third-order valence-corrected chi connectivity index (χ3v) is 3.78. The molecule has 0 unspecified atom stereocenters. The summed E-state index contributed by atoms with van der Waals surface area (Å²) in [5.74, 6) is 0.705. The van der Waals surface area contributed by atoms with Crippen LogP contribution in [0.25, 0.3) is 5.78 Å². The normalized spacial score (nSPS) is 10.9.